The van der Waals surface area contributed by atoms with Crippen molar-refractivity contribution in [3.63, 3.8) is 0 Å². The Labute approximate surface area is 237 Å². The molecule has 0 radical (unpaired) electrons. The van der Waals surface area contributed by atoms with E-state index in [4.69, 9.17) is 0 Å². The van der Waals surface area contributed by atoms with Crippen LogP contribution in [0.3, 0.4) is 0 Å². The van der Waals surface area contributed by atoms with Gasteiger partial charge in [-0.15, -0.1) is 0 Å². The molecule has 0 heterocycles. The van der Waals surface area contributed by atoms with Crippen LogP contribution in [0.5, 0.6) is 5.75 Å². The molecule has 3 rings (SSSR count). The first-order valence-corrected chi connectivity index (χ1v) is 15.5. The molecule has 0 fully saturated rings. The smallest absolute Gasteiger partial charge is 0.453 e. The lowest BCUT2D eigenvalue weighted by atomic mass is 9.89. The third-order valence-electron chi connectivity index (χ3n) is 7.46. The molecule has 2 aromatic rings. The number of nitrogens with zero attached hydrogens (tertiary/aromatic N) is 1. The van der Waals surface area contributed by atoms with Crippen molar-refractivity contribution in [1.82, 2.24) is 4.90 Å². The molecule has 3 nitrogen and oxygen atoms in total. The molecule has 0 saturated heterocycles. The molecule has 1 unspecified atom stereocenters. The fourth-order valence-corrected chi connectivity index (χ4v) is 6.36. The highest BCUT2D eigenvalue weighted by atomic mass is 32.2. The van der Waals surface area contributed by atoms with Crippen LogP contribution >= 0.6 is 0 Å². The number of unbranched alkanes of at least 4 members (excludes halogenated alkanes) is 3. The standard InChI is InChI=1S/C31H40F5NO2S/c1-37(20-10-21-40(39)22-18-30(32,33)31(34,35)36)19-8-3-2-7-14-29-27(24-11-5-4-6-12-24)15-9-13-25-23-26(38)16-17-28(25)29/h4-6,11-12,16-17,23,38H,2-3,7-10,13-15,18-22H2,1H3. The van der Waals surface area contributed by atoms with E-state index in [-0.39, 0.29) is 5.75 Å². The Morgan fingerprint density at radius 3 is 2.30 bits per heavy atom. The third-order valence-corrected chi connectivity index (χ3v) is 8.86. The van der Waals surface area contributed by atoms with E-state index in [1.165, 1.54) is 27.8 Å². The maximum Gasteiger partial charge on any atom is 0.453 e. The number of fused-ring (bicyclic) bond motifs is 1. The lowest BCUT2D eigenvalue weighted by molar-refractivity contribution is -0.282. The van der Waals surface area contributed by atoms with Crippen molar-refractivity contribution >= 4 is 22.3 Å². The Morgan fingerprint density at radius 2 is 1.57 bits per heavy atom. The molecule has 40 heavy (non-hydrogen) atoms. The van der Waals surface area contributed by atoms with Gasteiger partial charge >= 0.3 is 12.1 Å². The lowest BCUT2D eigenvalue weighted by Crippen LogP contribution is -2.38. The zero-order valence-electron chi connectivity index (χ0n) is 23.1. The highest BCUT2D eigenvalue weighted by Gasteiger charge is 2.57. The molecule has 1 aliphatic carbocycles. The van der Waals surface area contributed by atoms with Gasteiger partial charge in [0.25, 0.3) is 0 Å². The maximum atomic E-state index is 13.0. The van der Waals surface area contributed by atoms with Gasteiger partial charge in [0.1, 0.15) is 17.3 Å². The highest BCUT2D eigenvalue weighted by Crippen LogP contribution is 2.40. The second-order valence-corrected chi connectivity index (χ2v) is 12.3. The molecule has 9 heteroatoms. The van der Waals surface area contributed by atoms with E-state index >= 15 is 0 Å². The summed E-state index contributed by atoms with van der Waals surface area (Å²) in [6, 6.07) is 16.2. The van der Waals surface area contributed by atoms with Crippen LogP contribution < -0.4 is 0 Å². The van der Waals surface area contributed by atoms with E-state index in [0.29, 0.717) is 18.7 Å². The van der Waals surface area contributed by atoms with Crippen LogP contribution in [0, 0.1) is 0 Å². The normalized spacial score (nSPS) is 15.3. The molecule has 0 aromatic heterocycles. The van der Waals surface area contributed by atoms with E-state index in [1.807, 2.05) is 19.2 Å². The van der Waals surface area contributed by atoms with E-state index in [2.05, 4.69) is 35.2 Å². The number of allylic oxidation sites excluding steroid dienone is 2. The van der Waals surface area contributed by atoms with Crippen molar-refractivity contribution in [3.05, 3.63) is 65.2 Å². The lowest BCUT2D eigenvalue weighted by Gasteiger charge is -2.21. The van der Waals surface area contributed by atoms with E-state index in [9.17, 15) is 31.6 Å². The summed E-state index contributed by atoms with van der Waals surface area (Å²) in [5.41, 5.74) is 6.47. The van der Waals surface area contributed by atoms with Crippen LogP contribution in [0.2, 0.25) is 0 Å². The van der Waals surface area contributed by atoms with Crippen LogP contribution in [0.4, 0.5) is 22.0 Å². The van der Waals surface area contributed by atoms with Crippen LogP contribution in [0.15, 0.2) is 48.5 Å². The molecule has 1 atom stereocenters. The van der Waals surface area contributed by atoms with Crippen LogP contribution in [-0.2, 0) is 17.6 Å². The number of hydrogen-bond donors (Lipinski definition) is 1. The third kappa shape index (κ3) is 9.77. The number of hydrogen-bond acceptors (Lipinski definition) is 3. The predicted molar refractivity (Wildman–Crippen MR) is 153 cm³/mol. The zero-order chi connectivity index (χ0) is 29.2. The number of halogens is 5. The Kier molecular flexibility index (Phi) is 12.3. The van der Waals surface area contributed by atoms with E-state index in [1.54, 1.807) is 6.07 Å². The average Bonchev–Trinajstić information content (AvgIpc) is 3.08. The van der Waals surface area contributed by atoms with Gasteiger partial charge in [-0.05, 0) is 92.1 Å². The Balaban J connectivity index is 1.41. The number of aromatic hydroxyl groups is 1. The quantitative estimate of drug-likeness (QED) is 0.130. The Hall–Kier alpha value is -2.10. The minimum atomic E-state index is -5.59. The van der Waals surface area contributed by atoms with E-state index in [0.717, 1.165) is 57.9 Å². The molecule has 1 N–H and O–H groups in total. The summed E-state index contributed by atoms with van der Waals surface area (Å²) in [6.07, 6.45) is 1.61. The molecule has 1 aliphatic rings. The van der Waals surface area contributed by atoms with Crippen LogP contribution in [-0.4, -0.2) is 58.3 Å². The fourth-order valence-electron chi connectivity index (χ4n) is 5.22. The van der Waals surface area contributed by atoms with Gasteiger partial charge < -0.3 is 14.6 Å². The summed E-state index contributed by atoms with van der Waals surface area (Å²) in [7, 11) is 1.94. The van der Waals surface area contributed by atoms with Crippen molar-refractivity contribution in [2.75, 3.05) is 31.6 Å². The molecular weight excluding hydrogens is 545 g/mol. The summed E-state index contributed by atoms with van der Waals surface area (Å²) < 4.78 is 74.6. The number of phenols is 1. The molecular formula is C31H40F5NO2S. The number of aryl methyl sites for hydroxylation is 1. The molecule has 222 valence electrons. The maximum absolute atomic E-state index is 13.0. The number of phenolic OH excluding ortho intramolecular Hbond substituents is 1. The van der Waals surface area contributed by atoms with Gasteiger partial charge in [0, 0.05) is 13.0 Å². The first kappa shape index (κ1) is 32.4. The number of benzene rings is 2. The van der Waals surface area contributed by atoms with Gasteiger partial charge in [0.2, 0.25) is 0 Å². The zero-order valence-corrected chi connectivity index (χ0v) is 23.9. The molecule has 0 bridgehead atoms. The minimum absolute atomic E-state index is 0.121. The molecule has 0 amide bonds. The van der Waals surface area contributed by atoms with Crippen molar-refractivity contribution in [1.29, 1.82) is 0 Å². The van der Waals surface area contributed by atoms with Crippen molar-refractivity contribution in [2.24, 2.45) is 0 Å². The molecule has 2 aromatic carbocycles. The van der Waals surface area contributed by atoms with Gasteiger partial charge in [-0.25, -0.2) is 0 Å². The van der Waals surface area contributed by atoms with Gasteiger partial charge in [0.15, 0.2) is 0 Å². The second kappa shape index (κ2) is 15.2. The summed E-state index contributed by atoms with van der Waals surface area (Å²) >= 11 is -1.69. The SMILES string of the molecule is CN(CCCCCCC1=C(c2ccccc2)CCCc2cc(O)ccc21)CCC[S+]([O-])CCC(F)(F)C(F)(F)F. The largest absolute Gasteiger partial charge is 0.616 e. The number of rotatable bonds is 15. The molecule has 0 aliphatic heterocycles. The van der Waals surface area contributed by atoms with E-state index < -0.39 is 35.4 Å². The Morgan fingerprint density at radius 1 is 0.875 bits per heavy atom. The highest BCUT2D eigenvalue weighted by molar-refractivity contribution is 7.91. The fraction of sp³-hybridized carbons (Fsp3) is 0.548. The Bertz CT molecular complexity index is 1090. The van der Waals surface area contributed by atoms with Crippen LogP contribution in [0.25, 0.3) is 11.1 Å². The van der Waals surface area contributed by atoms with Gasteiger partial charge in [-0.3, -0.25) is 0 Å². The average molecular weight is 586 g/mol. The summed E-state index contributed by atoms with van der Waals surface area (Å²) in [6.45, 7) is 1.47. The second-order valence-electron chi connectivity index (χ2n) is 10.6. The topological polar surface area (TPSA) is 46.5 Å². The van der Waals surface area contributed by atoms with Gasteiger partial charge in [-0.1, -0.05) is 60.4 Å². The van der Waals surface area contributed by atoms with Gasteiger partial charge in [0.05, 0.1) is 6.42 Å². The predicted octanol–water partition coefficient (Wildman–Crippen LogP) is 8.25. The first-order chi connectivity index (χ1) is 19.0. The van der Waals surface area contributed by atoms with Gasteiger partial charge in [-0.2, -0.15) is 22.0 Å². The summed E-state index contributed by atoms with van der Waals surface area (Å²) in [5.74, 6) is -5.01. The monoisotopic (exact) mass is 585 g/mol. The summed E-state index contributed by atoms with van der Waals surface area (Å²) in [5, 5.41) is 10.0. The minimum Gasteiger partial charge on any atom is -0.616 e. The number of alkyl halides is 5. The van der Waals surface area contributed by atoms with Crippen molar-refractivity contribution in [3.8, 4) is 5.75 Å². The van der Waals surface area contributed by atoms with Crippen molar-refractivity contribution < 1.29 is 31.6 Å². The van der Waals surface area contributed by atoms with Crippen molar-refractivity contribution in [2.45, 2.75) is 76.3 Å². The van der Waals surface area contributed by atoms with Crippen LogP contribution in [0.1, 0.15) is 74.5 Å². The summed E-state index contributed by atoms with van der Waals surface area (Å²) in [4.78, 5) is 2.09. The molecule has 0 spiro atoms. The first-order valence-electron chi connectivity index (χ1n) is 14.1. The molecule has 0 saturated carbocycles.